The van der Waals surface area contributed by atoms with Crippen molar-refractivity contribution in [3.8, 4) is 0 Å². The van der Waals surface area contributed by atoms with Crippen molar-refractivity contribution in [2.45, 2.75) is 38.0 Å². The summed E-state index contributed by atoms with van der Waals surface area (Å²) in [7, 11) is -3.57. The number of aliphatic carboxylic acids is 1. The highest BCUT2D eigenvalue weighted by molar-refractivity contribution is 7.89. The fourth-order valence-electron chi connectivity index (χ4n) is 1.83. The number of sulfonamides is 1. The molecule has 0 saturated heterocycles. The van der Waals surface area contributed by atoms with Crippen LogP contribution in [0.25, 0.3) is 0 Å². The van der Waals surface area contributed by atoms with Crippen LogP contribution in [0.3, 0.4) is 0 Å². The van der Waals surface area contributed by atoms with Crippen LogP contribution in [0.1, 0.15) is 32.3 Å². The third kappa shape index (κ3) is 5.30. The number of carbonyl (C=O) groups is 1. The molecule has 1 rings (SSSR count). The first-order valence-electron chi connectivity index (χ1n) is 6.65. The van der Waals surface area contributed by atoms with Gasteiger partial charge < -0.3 is 5.11 Å². The molecule has 0 fully saturated rings. The smallest absolute Gasteiger partial charge is 0.303 e. The largest absolute Gasteiger partial charge is 0.481 e. The molecule has 0 amide bonds. The van der Waals surface area contributed by atoms with Crippen LogP contribution in [0.4, 0.5) is 0 Å². The molecule has 1 aromatic carbocycles. The van der Waals surface area contributed by atoms with E-state index in [-0.39, 0.29) is 23.8 Å². The quantitative estimate of drug-likeness (QED) is 0.769. The summed E-state index contributed by atoms with van der Waals surface area (Å²) >= 11 is 0. The Bertz CT molecular complexity index is 537. The van der Waals surface area contributed by atoms with E-state index >= 15 is 0 Å². The van der Waals surface area contributed by atoms with Gasteiger partial charge >= 0.3 is 5.97 Å². The molecule has 2 N–H and O–H groups in total. The van der Waals surface area contributed by atoms with E-state index in [1.807, 2.05) is 0 Å². The lowest BCUT2D eigenvalue weighted by atomic mass is 10.1. The summed E-state index contributed by atoms with van der Waals surface area (Å²) in [6.45, 7) is 3.88. The summed E-state index contributed by atoms with van der Waals surface area (Å²) in [6.07, 6.45) is 1.87. The maximum Gasteiger partial charge on any atom is 0.303 e. The Labute approximate surface area is 120 Å². The maximum atomic E-state index is 12.0. The van der Waals surface area contributed by atoms with Gasteiger partial charge in [0, 0.05) is 13.0 Å². The second-order valence-corrected chi connectivity index (χ2v) is 6.72. The van der Waals surface area contributed by atoms with Gasteiger partial charge in [0.2, 0.25) is 10.0 Å². The van der Waals surface area contributed by atoms with Crippen molar-refractivity contribution < 1.29 is 18.3 Å². The molecule has 6 heteroatoms. The van der Waals surface area contributed by atoms with Crippen LogP contribution >= 0.6 is 0 Å². The fraction of sp³-hybridized carbons (Fsp3) is 0.500. The van der Waals surface area contributed by atoms with E-state index in [0.29, 0.717) is 0 Å². The van der Waals surface area contributed by atoms with Crippen molar-refractivity contribution in [1.82, 2.24) is 4.72 Å². The SMILES string of the molecule is CCCc1ccc(S(=O)(=O)NCC(C)CC(=O)O)cc1. The van der Waals surface area contributed by atoms with Crippen LogP contribution in [-0.4, -0.2) is 26.0 Å². The van der Waals surface area contributed by atoms with Crippen molar-refractivity contribution in [2.75, 3.05) is 6.54 Å². The molecular weight excluding hydrogens is 278 g/mol. The van der Waals surface area contributed by atoms with Gasteiger partial charge in [0.1, 0.15) is 0 Å². The molecule has 0 aromatic heterocycles. The number of hydrogen-bond donors (Lipinski definition) is 2. The first-order valence-corrected chi connectivity index (χ1v) is 8.14. The van der Waals surface area contributed by atoms with Crippen LogP contribution in [0.15, 0.2) is 29.2 Å². The van der Waals surface area contributed by atoms with Crippen LogP contribution < -0.4 is 4.72 Å². The lowest BCUT2D eigenvalue weighted by molar-refractivity contribution is -0.137. The minimum absolute atomic E-state index is 0.0576. The molecule has 112 valence electrons. The number of benzene rings is 1. The van der Waals surface area contributed by atoms with Gasteiger partial charge in [0.25, 0.3) is 0 Å². The third-order valence-electron chi connectivity index (χ3n) is 2.92. The molecule has 1 aromatic rings. The van der Waals surface area contributed by atoms with E-state index in [0.717, 1.165) is 18.4 Å². The molecule has 0 aliphatic carbocycles. The zero-order valence-corrected chi connectivity index (χ0v) is 12.6. The van der Waals surface area contributed by atoms with Crippen LogP contribution in [0, 0.1) is 5.92 Å². The number of aryl methyl sites for hydroxylation is 1. The summed E-state index contributed by atoms with van der Waals surface area (Å²) in [5.74, 6) is -1.18. The Morgan fingerprint density at radius 1 is 1.30 bits per heavy atom. The lowest BCUT2D eigenvalue weighted by Crippen LogP contribution is -2.29. The van der Waals surface area contributed by atoms with Gasteiger partial charge in [-0.3, -0.25) is 4.79 Å². The van der Waals surface area contributed by atoms with E-state index in [1.165, 1.54) is 0 Å². The maximum absolute atomic E-state index is 12.0. The van der Waals surface area contributed by atoms with Gasteiger partial charge in [-0.25, -0.2) is 13.1 Å². The van der Waals surface area contributed by atoms with Crippen LogP contribution in [0.2, 0.25) is 0 Å². The van der Waals surface area contributed by atoms with Crippen molar-refractivity contribution in [1.29, 1.82) is 0 Å². The highest BCUT2D eigenvalue weighted by atomic mass is 32.2. The number of hydrogen-bond acceptors (Lipinski definition) is 3. The van der Waals surface area contributed by atoms with Crippen molar-refractivity contribution >= 4 is 16.0 Å². The van der Waals surface area contributed by atoms with Crippen molar-refractivity contribution in [3.63, 3.8) is 0 Å². The zero-order chi connectivity index (χ0) is 15.2. The predicted octanol–water partition coefficient (Wildman–Crippen LogP) is 2.03. The molecule has 5 nitrogen and oxygen atoms in total. The van der Waals surface area contributed by atoms with Gasteiger partial charge in [0.15, 0.2) is 0 Å². The monoisotopic (exact) mass is 299 g/mol. The van der Waals surface area contributed by atoms with E-state index in [1.54, 1.807) is 31.2 Å². The lowest BCUT2D eigenvalue weighted by Gasteiger charge is -2.11. The molecule has 0 aliphatic rings. The standard InChI is InChI=1S/C14H21NO4S/c1-3-4-12-5-7-13(8-6-12)20(18,19)15-10-11(2)9-14(16)17/h5-8,11,15H,3-4,9-10H2,1-2H3,(H,16,17). The van der Waals surface area contributed by atoms with Crippen LogP contribution in [-0.2, 0) is 21.2 Å². The second-order valence-electron chi connectivity index (χ2n) is 4.95. The Morgan fingerprint density at radius 3 is 2.40 bits per heavy atom. The van der Waals surface area contributed by atoms with E-state index < -0.39 is 16.0 Å². The summed E-state index contributed by atoms with van der Waals surface area (Å²) < 4.78 is 26.5. The fourth-order valence-corrected chi connectivity index (χ4v) is 2.99. The van der Waals surface area contributed by atoms with Crippen molar-refractivity contribution in [2.24, 2.45) is 5.92 Å². The number of carboxylic acid groups (broad SMARTS) is 1. The Kier molecular flexibility index (Phi) is 6.16. The Morgan fingerprint density at radius 2 is 1.90 bits per heavy atom. The zero-order valence-electron chi connectivity index (χ0n) is 11.8. The Balaban J connectivity index is 2.66. The van der Waals surface area contributed by atoms with E-state index in [9.17, 15) is 13.2 Å². The summed E-state index contributed by atoms with van der Waals surface area (Å²) in [6, 6.07) is 6.77. The average molecular weight is 299 g/mol. The highest BCUT2D eigenvalue weighted by Crippen LogP contribution is 2.12. The Hall–Kier alpha value is -1.40. The van der Waals surface area contributed by atoms with Gasteiger partial charge in [-0.2, -0.15) is 0 Å². The summed E-state index contributed by atoms with van der Waals surface area (Å²) in [5, 5.41) is 8.63. The van der Waals surface area contributed by atoms with E-state index in [2.05, 4.69) is 11.6 Å². The molecule has 0 bridgehead atoms. The first-order chi connectivity index (χ1) is 9.35. The molecule has 0 spiro atoms. The topological polar surface area (TPSA) is 83.5 Å². The van der Waals surface area contributed by atoms with Gasteiger partial charge in [-0.05, 0) is 30.0 Å². The highest BCUT2D eigenvalue weighted by Gasteiger charge is 2.16. The van der Waals surface area contributed by atoms with Gasteiger partial charge in [-0.1, -0.05) is 32.4 Å². The molecule has 20 heavy (non-hydrogen) atoms. The first kappa shape index (κ1) is 16.7. The van der Waals surface area contributed by atoms with E-state index in [4.69, 9.17) is 5.11 Å². The summed E-state index contributed by atoms with van der Waals surface area (Å²) in [4.78, 5) is 10.7. The van der Waals surface area contributed by atoms with Gasteiger partial charge in [-0.15, -0.1) is 0 Å². The third-order valence-corrected chi connectivity index (χ3v) is 4.36. The summed E-state index contributed by atoms with van der Waals surface area (Å²) in [5.41, 5.74) is 1.10. The van der Waals surface area contributed by atoms with Crippen molar-refractivity contribution in [3.05, 3.63) is 29.8 Å². The molecule has 0 saturated carbocycles. The second kappa shape index (κ2) is 7.40. The molecule has 0 radical (unpaired) electrons. The molecular formula is C14H21NO4S. The number of carboxylic acids is 1. The predicted molar refractivity (Wildman–Crippen MR) is 77.0 cm³/mol. The molecule has 0 heterocycles. The minimum Gasteiger partial charge on any atom is -0.481 e. The van der Waals surface area contributed by atoms with Crippen LogP contribution in [0.5, 0.6) is 0 Å². The molecule has 0 aliphatic heterocycles. The molecule has 1 unspecified atom stereocenters. The molecule has 1 atom stereocenters. The number of rotatable bonds is 8. The minimum atomic E-state index is -3.57. The van der Waals surface area contributed by atoms with Gasteiger partial charge in [0.05, 0.1) is 4.90 Å². The average Bonchev–Trinajstić information content (AvgIpc) is 2.37. The number of nitrogens with one attached hydrogen (secondary N) is 1. The normalized spacial score (nSPS) is 13.1.